The molecule has 0 atom stereocenters. The number of hydrogen-bond donors (Lipinski definition) is 2. The van der Waals surface area contributed by atoms with E-state index in [1.54, 1.807) is 0 Å². The summed E-state index contributed by atoms with van der Waals surface area (Å²) in [6.45, 7) is 0. The van der Waals surface area contributed by atoms with Crippen LogP contribution in [-0.2, 0) is 12.8 Å². The Labute approximate surface area is 136 Å². The molecule has 0 unspecified atom stereocenters. The Kier molecular flexibility index (Phi) is 4.48. The van der Waals surface area contributed by atoms with Crippen molar-refractivity contribution < 1.29 is 4.74 Å². The predicted octanol–water partition coefficient (Wildman–Crippen LogP) is 4.43. The highest BCUT2D eigenvalue weighted by atomic mass is 16.5. The second-order valence-electron chi connectivity index (χ2n) is 5.56. The van der Waals surface area contributed by atoms with Crippen molar-refractivity contribution in [3.8, 4) is 11.5 Å². The largest absolute Gasteiger partial charge is 0.457 e. The SMILES string of the molecule is Nc1ccc(CCc2ccc(Oc3ccc(N)cc3)cc2)cc1. The van der Waals surface area contributed by atoms with Crippen molar-refractivity contribution in [3.63, 3.8) is 0 Å². The summed E-state index contributed by atoms with van der Waals surface area (Å²) in [5, 5.41) is 0. The molecule has 0 amide bonds. The molecule has 23 heavy (non-hydrogen) atoms. The molecule has 0 saturated heterocycles. The number of nitrogens with two attached hydrogens (primary N) is 2. The van der Waals surface area contributed by atoms with E-state index in [1.165, 1.54) is 11.1 Å². The molecule has 116 valence electrons. The lowest BCUT2D eigenvalue weighted by Gasteiger charge is -2.07. The van der Waals surface area contributed by atoms with Crippen LogP contribution in [0.5, 0.6) is 11.5 Å². The quantitative estimate of drug-likeness (QED) is 0.685. The number of aryl methyl sites for hydroxylation is 2. The van der Waals surface area contributed by atoms with Crippen molar-refractivity contribution in [3.05, 3.63) is 83.9 Å². The van der Waals surface area contributed by atoms with E-state index in [2.05, 4.69) is 24.3 Å². The third kappa shape index (κ3) is 4.27. The first-order valence-electron chi connectivity index (χ1n) is 7.66. The lowest BCUT2D eigenvalue weighted by atomic mass is 10.0. The van der Waals surface area contributed by atoms with E-state index < -0.39 is 0 Å². The number of hydrogen-bond acceptors (Lipinski definition) is 3. The standard InChI is InChI=1S/C20H20N2O/c21-17-7-3-15(4-8-17)1-2-16-5-11-19(12-6-16)23-20-13-9-18(22)10-14-20/h3-14H,1-2,21-22H2. The zero-order valence-electron chi connectivity index (χ0n) is 12.9. The minimum atomic E-state index is 0.732. The molecule has 0 radical (unpaired) electrons. The van der Waals surface area contributed by atoms with Crippen LogP contribution in [0.3, 0.4) is 0 Å². The highest BCUT2D eigenvalue weighted by Gasteiger charge is 2.00. The fourth-order valence-electron chi connectivity index (χ4n) is 2.37. The van der Waals surface area contributed by atoms with Gasteiger partial charge in [0.15, 0.2) is 0 Å². The van der Waals surface area contributed by atoms with Gasteiger partial charge in [0, 0.05) is 11.4 Å². The average Bonchev–Trinajstić information content (AvgIpc) is 2.58. The van der Waals surface area contributed by atoms with E-state index in [0.717, 1.165) is 35.7 Å². The third-order valence-electron chi connectivity index (χ3n) is 3.72. The molecular weight excluding hydrogens is 284 g/mol. The van der Waals surface area contributed by atoms with Gasteiger partial charge in [0.1, 0.15) is 11.5 Å². The Hall–Kier alpha value is -2.94. The Balaban J connectivity index is 1.58. The summed E-state index contributed by atoms with van der Waals surface area (Å²) in [6, 6.07) is 23.6. The summed E-state index contributed by atoms with van der Waals surface area (Å²) < 4.78 is 5.79. The molecule has 4 N–H and O–H groups in total. The first kappa shape index (κ1) is 15.0. The third-order valence-corrected chi connectivity index (χ3v) is 3.72. The molecule has 0 fully saturated rings. The molecule has 3 aromatic rings. The zero-order valence-corrected chi connectivity index (χ0v) is 12.9. The molecule has 0 saturated carbocycles. The molecule has 0 bridgehead atoms. The van der Waals surface area contributed by atoms with Crippen molar-refractivity contribution in [2.24, 2.45) is 0 Å². The van der Waals surface area contributed by atoms with Gasteiger partial charge in [0.25, 0.3) is 0 Å². The van der Waals surface area contributed by atoms with E-state index in [-0.39, 0.29) is 0 Å². The van der Waals surface area contributed by atoms with Gasteiger partial charge in [-0.15, -0.1) is 0 Å². The van der Waals surface area contributed by atoms with Crippen molar-refractivity contribution in [1.29, 1.82) is 0 Å². The van der Waals surface area contributed by atoms with Crippen molar-refractivity contribution in [2.75, 3.05) is 11.5 Å². The zero-order chi connectivity index (χ0) is 16.1. The molecule has 0 aromatic heterocycles. The minimum absolute atomic E-state index is 0.732. The van der Waals surface area contributed by atoms with Crippen LogP contribution in [0.25, 0.3) is 0 Å². The van der Waals surface area contributed by atoms with Crippen LogP contribution in [-0.4, -0.2) is 0 Å². The number of nitrogen functional groups attached to an aromatic ring is 2. The number of benzene rings is 3. The fourth-order valence-corrected chi connectivity index (χ4v) is 2.37. The average molecular weight is 304 g/mol. The maximum Gasteiger partial charge on any atom is 0.127 e. The second kappa shape index (κ2) is 6.88. The number of ether oxygens (including phenoxy) is 1. The molecular formula is C20H20N2O. The topological polar surface area (TPSA) is 61.3 Å². The van der Waals surface area contributed by atoms with E-state index >= 15 is 0 Å². The lowest BCUT2D eigenvalue weighted by molar-refractivity contribution is 0.482. The van der Waals surface area contributed by atoms with Crippen molar-refractivity contribution >= 4 is 11.4 Å². The van der Waals surface area contributed by atoms with Crippen molar-refractivity contribution in [2.45, 2.75) is 12.8 Å². The second-order valence-corrected chi connectivity index (χ2v) is 5.56. The van der Waals surface area contributed by atoms with Gasteiger partial charge in [0.2, 0.25) is 0 Å². The van der Waals surface area contributed by atoms with Gasteiger partial charge < -0.3 is 16.2 Å². The van der Waals surface area contributed by atoms with Gasteiger partial charge in [-0.1, -0.05) is 24.3 Å². The first-order chi connectivity index (χ1) is 11.2. The molecule has 0 aliphatic carbocycles. The van der Waals surface area contributed by atoms with Gasteiger partial charge in [-0.05, 0) is 72.5 Å². The van der Waals surface area contributed by atoms with E-state index in [9.17, 15) is 0 Å². The van der Waals surface area contributed by atoms with E-state index in [1.807, 2.05) is 48.5 Å². The molecule has 3 aromatic carbocycles. The Morgan fingerprint density at radius 3 is 1.35 bits per heavy atom. The Morgan fingerprint density at radius 2 is 0.870 bits per heavy atom. The Morgan fingerprint density at radius 1 is 0.522 bits per heavy atom. The van der Waals surface area contributed by atoms with E-state index in [4.69, 9.17) is 16.2 Å². The summed E-state index contributed by atoms with van der Waals surface area (Å²) in [4.78, 5) is 0. The first-order valence-corrected chi connectivity index (χ1v) is 7.66. The maximum absolute atomic E-state index is 5.79. The fraction of sp³-hybridized carbons (Fsp3) is 0.100. The highest BCUT2D eigenvalue weighted by Crippen LogP contribution is 2.23. The summed E-state index contributed by atoms with van der Waals surface area (Å²) in [6.07, 6.45) is 1.99. The van der Waals surface area contributed by atoms with Crippen molar-refractivity contribution in [1.82, 2.24) is 0 Å². The summed E-state index contributed by atoms with van der Waals surface area (Å²) in [7, 11) is 0. The molecule has 0 heterocycles. The van der Waals surface area contributed by atoms with Crippen LogP contribution in [0, 0.1) is 0 Å². The van der Waals surface area contributed by atoms with Crippen LogP contribution in [0.1, 0.15) is 11.1 Å². The van der Waals surface area contributed by atoms with Crippen LogP contribution in [0.2, 0.25) is 0 Å². The highest BCUT2D eigenvalue weighted by molar-refractivity contribution is 5.43. The van der Waals surface area contributed by atoms with Gasteiger partial charge in [0.05, 0.1) is 0 Å². The molecule has 3 rings (SSSR count). The maximum atomic E-state index is 5.79. The van der Waals surface area contributed by atoms with Crippen LogP contribution >= 0.6 is 0 Å². The predicted molar refractivity (Wildman–Crippen MR) is 95.6 cm³/mol. The summed E-state index contributed by atoms with van der Waals surface area (Å²) >= 11 is 0. The number of anilines is 2. The van der Waals surface area contributed by atoms with Gasteiger partial charge >= 0.3 is 0 Å². The Bertz CT molecular complexity index is 747. The van der Waals surface area contributed by atoms with Gasteiger partial charge in [-0.25, -0.2) is 0 Å². The molecule has 0 aliphatic heterocycles. The minimum Gasteiger partial charge on any atom is -0.457 e. The van der Waals surface area contributed by atoms with Gasteiger partial charge in [-0.3, -0.25) is 0 Å². The summed E-state index contributed by atoms with van der Waals surface area (Å²) in [5.41, 5.74) is 15.5. The van der Waals surface area contributed by atoms with Gasteiger partial charge in [-0.2, -0.15) is 0 Å². The summed E-state index contributed by atoms with van der Waals surface area (Å²) in [5.74, 6) is 1.61. The normalized spacial score (nSPS) is 10.4. The lowest BCUT2D eigenvalue weighted by Crippen LogP contribution is -1.93. The van der Waals surface area contributed by atoms with Crippen LogP contribution in [0.4, 0.5) is 11.4 Å². The number of rotatable bonds is 5. The molecule has 0 spiro atoms. The molecule has 3 nitrogen and oxygen atoms in total. The molecule has 0 aliphatic rings. The van der Waals surface area contributed by atoms with E-state index in [0.29, 0.717) is 0 Å². The molecule has 3 heteroatoms. The van der Waals surface area contributed by atoms with Crippen LogP contribution < -0.4 is 16.2 Å². The smallest absolute Gasteiger partial charge is 0.127 e. The van der Waals surface area contributed by atoms with Crippen LogP contribution in [0.15, 0.2) is 72.8 Å². The monoisotopic (exact) mass is 304 g/mol.